The highest BCUT2D eigenvalue weighted by Crippen LogP contribution is 2.19. The minimum Gasteiger partial charge on any atom is -0.444 e. The predicted molar refractivity (Wildman–Crippen MR) is 89.5 cm³/mol. The number of aromatic nitrogens is 3. The van der Waals surface area contributed by atoms with E-state index in [0.29, 0.717) is 24.7 Å². The Bertz CT molecular complexity index is 846. The van der Waals surface area contributed by atoms with Crippen LogP contribution in [0.15, 0.2) is 47.1 Å². The molecule has 0 saturated carbocycles. The van der Waals surface area contributed by atoms with E-state index in [4.69, 9.17) is 4.42 Å². The molecule has 2 heterocycles. The molecule has 8 heteroatoms. The van der Waals surface area contributed by atoms with Crippen molar-refractivity contribution in [1.82, 2.24) is 20.5 Å². The zero-order valence-electron chi connectivity index (χ0n) is 13.5. The van der Waals surface area contributed by atoms with Gasteiger partial charge >= 0.3 is 0 Å². The molecule has 1 amide bonds. The van der Waals surface area contributed by atoms with E-state index in [-0.39, 0.29) is 17.4 Å². The first kappa shape index (κ1) is 16.6. The number of hydrogen-bond donors (Lipinski definition) is 2. The minimum atomic E-state index is -0.303. The van der Waals surface area contributed by atoms with Crippen LogP contribution in [0.4, 0.5) is 10.2 Å². The number of anilines is 1. The number of benzene rings is 1. The molecule has 0 bridgehead atoms. The summed E-state index contributed by atoms with van der Waals surface area (Å²) < 4.78 is 18.3. The molecular weight excluding hydrogens is 325 g/mol. The summed E-state index contributed by atoms with van der Waals surface area (Å²) in [5, 5.41) is 13.4. The van der Waals surface area contributed by atoms with Crippen LogP contribution in [0.3, 0.4) is 0 Å². The molecule has 3 aromatic rings. The maximum absolute atomic E-state index is 12.9. The number of amides is 1. The van der Waals surface area contributed by atoms with Crippen LogP contribution in [-0.4, -0.2) is 34.7 Å². The highest BCUT2D eigenvalue weighted by atomic mass is 19.1. The average molecular weight is 341 g/mol. The van der Waals surface area contributed by atoms with Crippen molar-refractivity contribution in [2.24, 2.45) is 0 Å². The van der Waals surface area contributed by atoms with Gasteiger partial charge in [0.25, 0.3) is 5.91 Å². The van der Waals surface area contributed by atoms with Crippen LogP contribution in [0.25, 0.3) is 11.5 Å². The summed E-state index contributed by atoms with van der Waals surface area (Å²) in [6, 6.07) is 9.24. The van der Waals surface area contributed by atoms with Gasteiger partial charge in [-0.05, 0) is 36.4 Å². The Morgan fingerprint density at radius 2 is 1.96 bits per heavy atom. The number of carbonyl (C=O) groups is 1. The zero-order valence-corrected chi connectivity index (χ0v) is 13.5. The third-order valence-electron chi connectivity index (χ3n) is 3.45. The smallest absolute Gasteiger partial charge is 0.271 e. The number of hydrogen-bond acceptors (Lipinski definition) is 6. The number of halogens is 1. The molecule has 7 nitrogen and oxygen atoms in total. The molecule has 0 atom stereocenters. The maximum atomic E-state index is 12.9. The number of carbonyl (C=O) groups excluding carboxylic acids is 1. The normalized spacial score (nSPS) is 10.5. The molecule has 0 saturated heterocycles. The molecule has 0 aliphatic rings. The van der Waals surface area contributed by atoms with Gasteiger partial charge in [0.2, 0.25) is 5.89 Å². The highest BCUT2D eigenvalue weighted by Gasteiger charge is 2.08. The summed E-state index contributed by atoms with van der Waals surface area (Å²) in [5.74, 6) is 0.429. The third kappa shape index (κ3) is 4.17. The second-order valence-corrected chi connectivity index (χ2v) is 5.21. The van der Waals surface area contributed by atoms with Gasteiger partial charge in [0, 0.05) is 25.6 Å². The van der Waals surface area contributed by atoms with Crippen molar-refractivity contribution in [2.75, 3.05) is 18.9 Å². The van der Waals surface area contributed by atoms with Gasteiger partial charge in [0.15, 0.2) is 5.69 Å². The molecular formula is C17H16FN5O2. The van der Waals surface area contributed by atoms with E-state index in [1.807, 2.05) is 0 Å². The summed E-state index contributed by atoms with van der Waals surface area (Å²) in [6.07, 6.45) is 2.18. The molecule has 25 heavy (non-hydrogen) atoms. The topological polar surface area (TPSA) is 92.9 Å². The van der Waals surface area contributed by atoms with Crippen LogP contribution in [0.1, 0.15) is 16.2 Å². The molecule has 2 N–H and O–H groups in total. The lowest BCUT2D eigenvalue weighted by Gasteiger charge is -2.04. The van der Waals surface area contributed by atoms with E-state index in [2.05, 4.69) is 25.8 Å². The largest absolute Gasteiger partial charge is 0.444 e. The first-order valence-electron chi connectivity index (χ1n) is 7.66. The second kappa shape index (κ2) is 7.52. The molecule has 0 fully saturated rings. The molecule has 0 aliphatic heterocycles. The second-order valence-electron chi connectivity index (χ2n) is 5.21. The summed E-state index contributed by atoms with van der Waals surface area (Å²) in [5.41, 5.74) is 1.74. The fraction of sp³-hybridized carbons (Fsp3) is 0.176. The van der Waals surface area contributed by atoms with Crippen LogP contribution in [0.2, 0.25) is 0 Å². The quantitative estimate of drug-likeness (QED) is 0.714. The predicted octanol–water partition coefficient (Wildman–Crippen LogP) is 2.28. The van der Waals surface area contributed by atoms with Gasteiger partial charge < -0.3 is 15.1 Å². The average Bonchev–Trinajstić information content (AvgIpc) is 3.11. The van der Waals surface area contributed by atoms with E-state index in [0.717, 1.165) is 11.3 Å². The lowest BCUT2D eigenvalue weighted by molar-refractivity contribution is 0.0957. The molecule has 128 valence electrons. The fourth-order valence-corrected chi connectivity index (χ4v) is 2.14. The number of nitrogens with zero attached hydrogens (tertiary/aromatic N) is 3. The SMILES string of the molecule is CNC(=O)c1ccc(NCCc2coc(-c3ccc(F)cc3)n2)nn1. The number of oxazole rings is 1. The highest BCUT2D eigenvalue weighted by molar-refractivity contribution is 5.91. The van der Waals surface area contributed by atoms with E-state index >= 15 is 0 Å². The summed E-state index contributed by atoms with van der Waals surface area (Å²) in [7, 11) is 1.54. The summed E-state index contributed by atoms with van der Waals surface area (Å²) in [4.78, 5) is 15.8. The van der Waals surface area contributed by atoms with E-state index in [1.54, 1.807) is 30.5 Å². The van der Waals surface area contributed by atoms with Gasteiger partial charge in [-0.1, -0.05) is 0 Å². The van der Waals surface area contributed by atoms with Gasteiger partial charge in [-0.15, -0.1) is 10.2 Å². The Hall–Kier alpha value is -3.29. The Morgan fingerprint density at radius 3 is 2.64 bits per heavy atom. The number of rotatable bonds is 6. The molecule has 3 rings (SSSR count). The van der Waals surface area contributed by atoms with Gasteiger partial charge in [-0.3, -0.25) is 4.79 Å². The standard InChI is InChI=1S/C17H16FN5O2/c1-19-16(24)14-6-7-15(23-22-14)20-9-8-13-10-25-17(21-13)11-2-4-12(18)5-3-11/h2-7,10H,8-9H2,1H3,(H,19,24)(H,20,23). The first-order valence-corrected chi connectivity index (χ1v) is 7.66. The van der Waals surface area contributed by atoms with Crippen LogP contribution in [0, 0.1) is 5.82 Å². The lowest BCUT2D eigenvalue weighted by Crippen LogP contribution is -2.20. The third-order valence-corrected chi connectivity index (χ3v) is 3.45. The first-order chi connectivity index (χ1) is 12.2. The van der Waals surface area contributed by atoms with Gasteiger partial charge in [-0.25, -0.2) is 9.37 Å². The van der Waals surface area contributed by atoms with Crippen molar-refractivity contribution in [3.8, 4) is 11.5 Å². The summed E-state index contributed by atoms with van der Waals surface area (Å²) in [6.45, 7) is 0.573. The van der Waals surface area contributed by atoms with E-state index < -0.39 is 0 Å². The van der Waals surface area contributed by atoms with Crippen LogP contribution in [-0.2, 0) is 6.42 Å². The molecule has 0 unspecified atom stereocenters. The molecule has 0 aliphatic carbocycles. The van der Waals surface area contributed by atoms with Gasteiger partial charge in [-0.2, -0.15) is 0 Å². The van der Waals surface area contributed by atoms with Crippen molar-refractivity contribution in [2.45, 2.75) is 6.42 Å². The Labute approximate surface area is 143 Å². The number of nitrogens with one attached hydrogen (secondary N) is 2. The monoisotopic (exact) mass is 341 g/mol. The Kier molecular flexibility index (Phi) is 4.98. The molecule has 1 aromatic carbocycles. The summed E-state index contributed by atoms with van der Waals surface area (Å²) >= 11 is 0. The maximum Gasteiger partial charge on any atom is 0.271 e. The van der Waals surface area contributed by atoms with Crippen molar-refractivity contribution in [3.05, 3.63) is 59.9 Å². The molecule has 2 aromatic heterocycles. The van der Waals surface area contributed by atoms with Crippen molar-refractivity contribution >= 4 is 11.7 Å². The Morgan fingerprint density at radius 1 is 1.16 bits per heavy atom. The van der Waals surface area contributed by atoms with Crippen molar-refractivity contribution < 1.29 is 13.6 Å². The fourth-order valence-electron chi connectivity index (χ4n) is 2.14. The van der Waals surface area contributed by atoms with Crippen molar-refractivity contribution in [1.29, 1.82) is 0 Å². The van der Waals surface area contributed by atoms with Crippen molar-refractivity contribution in [3.63, 3.8) is 0 Å². The molecule has 0 spiro atoms. The Balaban J connectivity index is 1.54. The minimum absolute atomic E-state index is 0.258. The van der Waals surface area contributed by atoms with Gasteiger partial charge in [0.05, 0.1) is 5.69 Å². The van der Waals surface area contributed by atoms with Crippen LogP contribution >= 0.6 is 0 Å². The van der Waals surface area contributed by atoms with Crippen LogP contribution in [0.5, 0.6) is 0 Å². The van der Waals surface area contributed by atoms with E-state index in [9.17, 15) is 9.18 Å². The zero-order chi connectivity index (χ0) is 17.6. The van der Waals surface area contributed by atoms with Gasteiger partial charge in [0.1, 0.15) is 17.9 Å². The molecule has 0 radical (unpaired) electrons. The lowest BCUT2D eigenvalue weighted by atomic mass is 10.2. The van der Waals surface area contributed by atoms with E-state index in [1.165, 1.54) is 19.2 Å². The van der Waals surface area contributed by atoms with Crippen LogP contribution < -0.4 is 10.6 Å².